The van der Waals surface area contributed by atoms with E-state index in [-0.39, 0.29) is 11.8 Å². The number of carbonyl (C=O) groups excluding carboxylic acids is 1. The second-order valence-electron chi connectivity index (χ2n) is 7.54. The van der Waals surface area contributed by atoms with Crippen LogP contribution in [-0.4, -0.2) is 47.8 Å². The molecule has 0 saturated carbocycles. The molecule has 1 saturated heterocycles. The smallest absolute Gasteiger partial charge is 0.231 e. The molecule has 30 heavy (non-hydrogen) atoms. The summed E-state index contributed by atoms with van der Waals surface area (Å²) in [5.74, 6) is 2.17. The lowest BCUT2D eigenvalue weighted by Crippen LogP contribution is -2.43. The maximum Gasteiger partial charge on any atom is 0.231 e. The molecular weight excluding hydrogens is 382 g/mol. The SMILES string of the molecule is COc1ccc(CNC(=O)C2CCCN(c3nnc4cccc(C)n34)C2)c(OC)c1. The highest BCUT2D eigenvalue weighted by Gasteiger charge is 2.28. The zero-order valence-corrected chi connectivity index (χ0v) is 17.6. The summed E-state index contributed by atoms with van der Waals surface area (Å²) in [6, 6.07) is 11.6. The molecule has 3 heterocycles. The number of anilines is 1. The van der Waals surface area contributed by atoms with Crippen molar-refractivity contribution in [2.45, 2.75) is 26.3 Å². The molecule has 3 aromatic rings. The van der Waals surface area contributed by atoms with Crippen molar-refractivity contribution in [1.82, 2.24) is 19.9 Å². The molecule has 4 rings (SSSR count). The number of fused-ring (bicyclic) bond motifs is 1. The highest BCUT2D eigenvalue weighted by atomic mass is 16.5. The minimum Gasteiger partial charge on any atom is -0.497 e. The molecular formula is C22H27N5O3. The number of ether oxygens (including phenoxy) is 2. The molecule has 1 fully saturated rings. The monoisotopic (exact) mass is 409 g/mol. The van der Waals surface area contributed by atoms with E-state index < -0.39 is 0 Å². The normalized spacial score (nSPS) is 16.5. The average molecular weight is 409 g/mol. The number of rotatable bonds is 6. The van der Waals surface area contributed by atoms with Gasteiger partial charge in [-0.05, 0) is 44.0 Å². The van der Waals surface area contributed by atoms with Gasteiger partial charge < -0.3 is 19.7 Å². The minimum absolute atomic E-state index is 0.0445. The minimum atomic E-state index is -0.0978. The number of carbonyl (C=O) groups is 1. The highest BCUT2D eigenvalue weighted by Crippen LogP contribution is 2.26. The number of benzene rings is 1. The van der Waals surface area contributed by atoms with Crippen LogP contribution < -0.4 is 19.7 Å². The zero-order valence-electron chi connectivity index (χ0n) is 17.6. The topological polar surface area (TPSA) is 81.0 Å². The van der Waals surface area contributed by atoms with Crippen molar-refractivity contribution in [2.24, 2.45) is 5.92 Å². The van der Waals surface area contributed by atoms with Crippen LogP contribution in [0.3, 0.4) is 0 Å². The summed E-state index contributed by atoms with van der Waals surface area (Å²) in [6.07, 6.45) is 1.79. The molecule has 0 bridgehead atoms. The van der Waals surface area contributed by atoms with E-state index in [1.807, 2.05) is 47.7 Å². The molecule has 0 spiro atoms. The number of aromatic nitrogens is 3. The number of nitrogens with one attached hydrogen (secondary N) is 1. The first-order chi connectivity index (χ1) is 14.6. The predicted octanol–water partition coefficient (Wildman–Crippen LogP) is 2.59. The van der Waals surface area contributed by atoms with Crippen LogP contribution >= 0.6 is 0 Å². The van der Waals surface area contributed by atoms with Gasteiger partial charge in [0.25, 0.3) is 0 Å². The summed E-state index contributed by atoms with van der Waals surface area (Å²) in [7, 11) is 3.23. The lowest BCUT2D eigenvalue weighted by molar-refractivity contribution is -0.125. The van der Waals surface area contributed by atoms with Crippen LogP contribution in [0.25, 0.3) is 5.65 Å². The standard InChI is InChI=1S/C22H27N5O3/c1-15-6-4-8-20-24-25-22(27(15)20)26-11-5-7-17(14-26)21(28)23-13-16-9-10-18(29-2)12-19(16)30-3/h4,6,8-10,12,17H,5,7,11,13-14H2,1-3H3,(H,23,28). The third-order valence-electron chi connectivity index (χ3n) is 5.63. The van der Waals surface area contributed by atoms with Crippen LogP contribution in [0, 0.1) is 12.8 Å². The van der Waals surface area contributed by atoms with E-state index in [2.05, 4.69) is 20.4 Å². The molecule has 8 heteroatoms. The van der Waals surface area contributed by atoms with Gasteiger partial charge in [0.2, 0.25) is 11.9 Å². The summed E-state index contributed by atoms with van der Waals surface area (Å²) >= 11 is 0. The molecule has 1 unspecified atom stereocenters. The molecule has 158 valence electrons. The van der Waals surface area contributed by atoms with Gasteiger partial charge in [0, 0.05) is 37.0 Å². The molecule has 1 amide bonds. The number of aryl methyl sites for hydroxylation is 1. The predicted molar refractivity (Wildman–Crippen MR) is 114 cm³/mol. The Balaban J connectivity index is 1.44. The Labute approximate surface area is 175 Å². The van der Waals surface area contributed by atoms with Crippen molar-refractivity contribution >= 4 is 17.5 Å². The Morgan fingerprint density at radius 3 is 2.87 bits per heavy atom. The quantitative estimate of drug-likeness (QED) is 0.674. The first-order valence-corrected chi connectivity index (χ1v) is 10.1. The first kappa shape index (κ1) is 20.0. The maximum atomic E-state index is 12.9. The Kier molecular flexibility index (Phi) is 5.74. The zero-order chi connectivity index (χ0) is 21.1. The number of nitrogens with zero attached hydrogens (tertiary/aromatic N) is 4. The average Bonchev–Trinajstić information content (AvgIpc) is 3.23. The Hall–Kier alpha value is -3.29. The molecule has 0 radical (unpaired) electrons. The summed E-state index contributed by atoms with van der Waals surface area (Å²) in [5.41, 5.74) is 2.81. The second kappa shape index (κ2) is 8.61. The van der Waals surface area contributed by atoms with E-state index in [1.54, 1.807) is 14.2 Å². The summed E-state index contributed by atoms with van der Waals surface area (Å²) in [5, 5.41) is 11.7. The van der Waals surface area contributed by atoms with Crippen LogP contribution in [0.5, 0.6) is 11.5 Å². The van der Waals surface area contributed by atoms with Gasteiger partial charge in [0.15, 0.2) is 5.65 Å². The van der Waals surface area contributed by atoms with Crippen molar-refractivity contribution in [3.8, 4) is 11.5 Å². The summed E-state index contributed by atoms with van der Waals surface area (Å²) in [6.45, 7) is 3.94. The first-order valence-electron chi connectivity index (χ1n) is 10.1. The summed E-state index contributed by atoms with van der Waals surface area (Å²) < 4.78 is 12.7. The molecule has 2 aromatic heterocycles. The van der Waals surface area contributed by atoms with Crippen molar-refractivity contribution in [1.29, 1.82) is 0 Å². The molecule has 1 aliphatic rings. The maximum absolute atomic E-state index is 12.9. The Bertz CT molecular complexity index is 1050. The third kappa shape index (κ3) is 3.90. The molecule has 1 aliphatic heterocycles. The van der Waals surface area contributed by atoms with E-state index in [0.29, 0.717) is 18.8 Å². The van der Waals surface area contributed by atoms with E-state index >= 15 is 0 Å². The van der Waals surface area contributed by atoms with Crippen LogP contribution in [0.1, 0.15) is 24.1 Å². The fourth-order valence-corrected chi connectivity index (χ4v) is 3.98. The fourth-order valence-electron chi connectivity index (χ4n) is 3.98. The van der Waals surface area contributed by atoms with Gasteiger partial charge in [0.05, 0.1) is 20.1 Å². The number of amides is 1. The van der Waals surface area contributed by atoms with Crippen molar-refractivity contribution in [3.05, 3.63) is 47.7 Å². The molecule has 1 atom stereocenters. The largest absolute Gasteiger partial charge is 0.497 e. The second-order valence-corrected chi connectivity index (χ2v) is 7.54. The Morgan fingerprint density at radius 1 is 1.20 bits per heavy atom. The van der Waals surface area contributed by atoms with Gasteiger partial charge in [-0.3, -0.25) is 9.20 Å². The molecule has 8 nitrogen and oxygen atoms in total. The number of hydrogen-bond donors (Lipinski definition) is 1. The number of pyridine rings is 1. The van der Waals surface area contributed by atoms with E-state index in [1.165, 1.54) is 0 Å². The van der Waals surface area contributed by atoms with Gasteiger partial charge in [-0.25, -0.2) is 0 Å². The lowest BCUT2D eigenvalue weighted by Gasteiger charge is -2.32. The van der Waals surface area contributed by atoms with Crippen LogP contribution in [0.15, 0.2) is 36.4 Å². The van der Waals surface area contributed by atoms with Crippen molar-refractivity contribution in [2.75, 3.05) is 32.2 Å². The van der Waals surface area contributed by atoms with Gasteiger partial charge in [-0.15, -0.1) is 10.2 Å². The number of hydrogen-bond acceptors (Lipinski definition) is 6. The van der Waals surface area contributed by atoms with Gasteiger partial charge >= 0.3 is 0 Å². The van der Waals surface area contributed by atoms with Crippen LogP contribution in [0.4, 0.5) is 5.95 Å². The van der Waals surface area contributed by atoms with Gasteiger partial charge in [-0.2, -0.15) is 0 Å². The fraction of sp³-hybridized carbons (Fsp3) is 0.409. The number of piperidine rings is 1. The van der Waals surface area contributed by atoms with E-state index in [4.69, 9.17) is 9.47 Å². The Morgan fingerprint density at radius 2 is 2.07 bits per heavy atom. The number of methoxy groups -OCH3 is 2. The van der Waals surface area contributed by atoms with E-state index in [0.717, 1.165) is 48.0 Å². The van der Waals surface area contributed by atoms with E-state index in [9.17, 15) is 4.79 Å². The third-order valence-corrected chi connectivity index (χ3v) is 5.63. The van der Waals surface area contributed by atoms with Crippen molar-refractivity contribution < 1.29 is 14.3 Å². The van der Waals surface area contributed by atoms with Crippen LogP contribution in [-0.2, 0) is 11.3 Å². The molecule has 0 aliphatic carbocycles. The van der Waals surface area contributed by atoms with Gasteiger partial charge in [0.1, 0.15) is 11.5 Å². The lowest BCUT2D eigenvalue weighted by atomic mass is 9.97. The van der Waals surface area contributed by atoms with Crippen molar-refractivity contribution in [3.63, 3.8) is 0 Å². The van der Waals surface area contributed by atoms with Gasteiger partial charge in [-0.1, -0.05) is 6.07 Å². The van der Waals surface area contributed by atoms with Crippen LogP contribution in [0.2, 0.25) is 0 Å². The molecule has 1 N–H and O–H groups in total. The highest BCUT2D eigenvalue weighted by molar-refractivity contribution is 5.79. The summed E-state index contributed by atoms with van der Waals surface area (Å²) in [4.78, 5) is 15.1. The molecule has 1 aromatic carbocycles.